The van der Waals surface area contributed by atoms with E-state index in [1.807, 2.05) is 25.3 Å². The lowest BCUT2D eigenvalue weighted by Crippen LogP contribution is -2.12. The van der Waals surface area contributed by atoms with E-state index in [4.69, 9.17) is 4.74 Å². The second-order valence-corrected chi connectivity index (χ2v) is 7.64. The van der Waals surface area contributed by atoms with Crippen molar-refractivity contribution < 1.29 is 9.84 Å². The Morgan fingerprint density at radius 1 is 1.48 bits per heavy atom. The highest BCUT2D eigenvalue weighted by atomic mass is 32.1. The largest absolute Gasteiger partial charge is 0.389 e. The van der Waals surface area contributed by atoms with Crippen LogP contribution >= 0.6 is 11.3 Å². The van der Waals surface area contributed by atoms with Crippen LogP contribution < -0.4 is 0 Å². The highest BCUT2D eigenvalue weighted by Gasteiger charge is 2.39. The zero-order chi connectivity index (χ0) is 16.8. The summed E-state index contributed by atoms with van der Waals surface area (Å²) in [5.74, 6) is 0.648. The molecule has 2 rings (SSSR count). The Hall–Kier alpha value is -0.970. The Morgan fingerprint density at radius 2 is 2.26 bits per heavy atom. The van der Waals surface area contributed by atoms with Gasteiger partial charge in [-0.1, -0.05) is 25.5 Å². The van der Waals surface area contributed by atoms with Crippen LogP contribution in [-0.4, -0.2) is 28.4 Å². The number of aliphatic hydroxyl groups is 1. The second-order valence-electron chi connectivity index (χ2n) is 6.58. The van der Waals surface area contributed by atoms with E-state index in [0.29, 0.717) is 18.4 Å². The molecule has 2 heterocycles. The number of aliphatic hydroxyl groups excluding tert-OH is 1. The number of hydrogen-bond acceptors (Lipinski definition) is 4. The minimum Gasteiger partial charge on any atom is -0.389 e. The number of allylic oxidation sites excluding steroid dienone is 2. The zero-order valence-corrected chi connectivity index (χ0v) is 15.5. The fourth-order valence-electron chi connectivity index (χ4n) is 2.89. The summed E-state index contributed by atoms with van der Waals surface area (Å²) in [7, 11) is 0. The summed E-state index contributed by atoms with van der Waals surface area (Å²) in [5, 5.41) is 13.4. The second kappa shape index (κ2) is 8.76. The lowest BCUT2D eigenvalue weighted by molar-refractivity contribution is 0.186. The molecule has 23 heavy (non-hydrogen) atoms. The maximum Gasteiger partial charge on any atom is 0.0901 e. The number of aromatic nitrogens is 1. The molecule has 0 radical (unpaired) electrons. The molecule has 4 heteroatoms. The molecule has 1 aliphatic heterocycles. The van der Waals surface area contributed by atoms with Crippen LogP contribution in [0.5, 0.6) is 0 Å². The number of ether oxygens (including phenoxy) is 1. The number of epoxide rings is 1. The standard InChI is InChI=1S/C19H29NO2S/c1-5-7-13(2)8-6-9-18-19(22-18)11-17(21)14(3)10-16-12-23-15(4)20-16/h5,7,10,12-13,17-19,21H,6,8-9,11H2,1-4H3/b7-5-,14-10+/t13-,17+,18-,19+/m1/s1. The van der Waals surface area contributed by atoms with Gasteiger partial charge >= 0.3 is 0 Å². The van der Waals surface area contributed by atoms with Crippen molar-refractivity contribution >= 4 is 17.4 Å². The molecule has 1 fully saturated rings. The minimum absolute atomic E-state index is 0.225. The van der Waals surface area contributed by atoms with Gasteiger partial charge in [0, 0.05) is 11.8 Å². The van der Waals surface area contributed by atoms with Crippen LogP contribution in [0, 0.1) is 12.8 Å². The molecule has 0 aliphatic carbocycles. The number of nitrogens with zero attached hydrogens (tertiary/aromatic N) is 1. The van der Waals surface area contributed by atoms with Crippen molar-refractivity contribution in [3.05, 3.63) is 33.8 Å². The Bertz CT molecular complexity index is 549. The number of aryl methyl sites for hydroxylation is 1. The third kappa shape index (κ3) is 6.21. The van der Waals surface area contributed by atoms with Crippen molar-refractivity contribution in [3.8, 4) is 0 Å². The highest BCUT2D eigenvalue weighted by molar-refractivity contribution is 7.09. The summed E-state index contributed by atoms with van der Waals surface area (Å²) in [4.78, 5) is 4.41. The number of hydrogen-bond donors (Lipinski definition) is 1. The van der Waals surface area contributed by atoms with E-state index in [0.717, 1.165) is 22.7 Å². The Morgan fingerprint density at radius 3 is 2.91 bits per heavy atom. The third-order valence-corrected chi connectivity index (χ3v) is 5.14. The third-order valence-electron chi connectivity index (χ3n) is 4.35. The van der Waals surface area contributed by atoms with Gasteiger partial charge in [-0.2, -0.15) is 0 Å². The zero-order valence-electron chi connectivity index (χ0n) is 14.7. The van der Waals surface area contributed by atoms with Gasteiger partial charge in [-0.25, -0.2) is 4.98 Å². The topological polar surface area (TPSA) is 45.6 Å². The van der Waals surface area contributed by atoms with E-state index in [1.165, 1.54) is 12.8 Å². The molecule has 128 valence electrons. The minimum atomic E-state index is -0.436. The summed E-state index contributed by atoms with van der Waals surface area (Å²) < 4.78 is 5.72. The maximum absolute atomic E-state index is 10.3. The van der Waals surface area contributed by atoms with Crippen LogP contribution in [0.3, 0.4) is 0 Å². The first-order valence-electron chi connectivity index (χ1n) is 8.56. The number of thiazole rings is 1. The van der Waals surface area contributed by atoms with Gasteiger partial charge in [-0.05, 0) is 51.2 Å². The van der Waals surface area contributed by atoms with E-state index >= 15 is 0 Å². The normalized spacial score (nSPS) is 24.1. The Kier molecular flexibility index (Phi) is 7.00. The van der Waals surface area contributed by atoms with E-state index in [-0.39, 0.29) is 6.10 Å². The first-order chi connectivity index (χ1) is 11.0. The maximum atomic E-state index is 10.3. The molecule has 0 spiro atoms. The molecule has 1 aliphatic rings. The van der Waals surface area contributed by atoms with Gasteiger partial charge in [0.05, 0.1) is 29.0 Å². The summed E-state index contributed by atoms with van der Waals surface area (Å²) in [5.41, 5.74) is 1.90. The Balaban J connectivity index is 1.69. The van der Waals surface area contributed by atoms with Crippen molar-refractivity contribution in [1.29, 1.82) is 0 Å². The molecular weight excluding hydrogens is 306 g/mol. The molecule has 0 unspecified atom stereocenters. The predicted octanol–water partition coefficient (Wildman–Crippen LogP) is 4.76. The van der Waals surface area contributed by atoms with Gasteiger partial charge in [-0.3, -0.25) is 0 Å². The van der Waals surface area contributed by atoms with Crippen molar-refractivity contribution in [2.24, 2.45) is 5.92 Å². The summed E-state index contributed by atoms with van der Waals surface area (Å²) in [6, 6.07) is 0. The fourth-order valence-corrected chi connectivity index (χ4v) is 3.46. The fraction of sp³-hybridized carbons (Fsp3) is 0.632. The molecule has 0 amide bonds. The van der Waals surface area contributed by atoms with Crippen molar-refractivity contribution in [1.82, 2.24) is 4.98 Å². The smallest absolute Gasteiger partial charge is 0.0901 e. The van der Waals surface area contributed by atoms with Gasteiger partial charge in [0.1, 0.15) is 0 Å². The molecular formula is C19H29NO2S. The van der Waals surface area contributed by atoms with Crippen molar-refractivity contribution in [2.45, 2.75) is 71.7 Å². The lowest BCUT2D eigenvalue weighted by Gasteiger charge is -2.09. The van der Waals surface area contributed by atoms with Crippen LogP contribution in [-0.2, 0) is 4.74 Å². The molecule has 4 atom stereocenters. The van der Waals surface area contributed by atoms with E-state index in [2.05, 4.69) is 31.0 Å². The van der Waals surface area contributed by atoms with Crippen molar-refractivity contribution in [3.63, 3.8) is 0 Å². The van der Waals surface area contributed by atoms with E-state index in [1.54, 1.807) is 11.3 Å². The van der Waals surface area contributed by atoms with Gasteiger partial charge in [-0.15, -0.1) is 11.3 Å². The molecule has 1 aromatic heterocycles. The predicted molar refractivity (Wildman–Crippen MR) is 97.6 cm³/mol. The molecule has 1 saturated heterocycles. The van der Waals surface area contributed by atoms with Crippen LogP contribution in [0.15, 0.2) is 23.1 Å². The first kappa shape index (κ1) is 18.4. The van der Waals surface area contributed by atoms with E-state index in [9.17, 15) is 5.11 Å². The lowest BCUT2D eigenvalue weighted by atomic mass is 10.00. The first-order valence-corrected chi connectivity index (χ1v) is 9.44. The Labute approximate surface area is 144 Å². The SMILES string of the molecule is C/C=C\[C@@H](C)CCC[C@H]1O[C@H]1C[C@H](O)/C(C)=C/c1csc(C)n1. The average molecular weight is 336 g/mol. The summed E-state index contributed by atoms with van der Waals surface area (Å²) in [6.45, 7) is 8.28. The quantitative estimate of drug-likeness (QED) is 0.523. The van der Waals surface area contributed by atoms with Gasteiger partial charge < -0.3 is 9.84 Å². The highest BCUT2D eigenvalue weighted by Crippen LogP contribution is 2.32. The molecule has 0 aromatic carbocycles. The number of rotatable bonds is 9. The summed E-state index contributed by atoms with van der Waals surface area (Å²) >= 11 is 1.63. The van der Waals surface area contributed by atoms with Crippen molar-refractivity contribution in [2.75, 3.05) is 0 Å². The molecule has 1 aromatic rings. The van der Waals surface area contributed by atoms with Crippen LogP contribution in [0.1, 0.15) is 57.2 Å². The van der Waals surface area contributed by atoms with Crippen LogP contribution in [0.2, 0.25) is 0 Å². The summed E-state index contributed by atoms with van der Waals surface area (Å²) in [6.07, 6.45) is 10.7. The molecule has 0 saturated carbocycles. The molecule has 1 N–H and O–H groups in total. The molecule has 3 nitrogen and oxygen atoms in total. The van der Waals surface area contributed by atoms with Gasteiger partial charge in [0.15, 0.2) is 0 Å². The monoisotopic (exact) mass is 335 g/mol. The van der Waals surface area contributed by atoms with E-state index < -0.39 is 6.10 Å². The molecule has 0 bridgehead atoms. The van der Waals surface area contributed by atoms with Crippen LogP contribution in [0.25, 0.3) is 6.08 Å². The van der Waals surface area contributed by atoms with Gasteiger partial charge in [0.2, 0.25) is 0 Å². The van der Waals surface area contributed by atoms with Gasteiger partial charge in [0.25, 0.3) is 0 Å². The van der Waals surface area contributed by atoms with Crippen LogP contribution in [0.4, 0.5) is 0 Å². The average Bonchev–Trinajstić information content (AvgIpc) is 3.09.